The molecule has 0 aromatic heterocycles. The van der Waals surface area contributed by atoms with E-state index in [2.05, 4.69) is 13.8 Å². The SMILES string of the molecule is [2H]C([2H])([2H])C(O)(C([2H])([2H])[2H])C(C)(C)SC(=O)c1c(C(C)C)cc(C(C)C)cc1C(C)C. The number of carbonyl (C=O) groups excluding carboxylic acids is 1. The summed E-state index contributed by atoms with van der Waals surface area (Å²) >= 11 is 0.584. The van der Waals surface area contributed by atoms with E-state index < -0.39 is 29.2 Å². The van der Waals surface area contributed by atoms with Gasteiger partial charge in [-0.15, -0.1) is 0 Å². The minimum Gasteiger partial charge on any atom is -0.389 e. The van der Waals surface area contributed by atoms with Gasteiger partial charge in [0.25, 0.3) is 0 Å². The van der Waals surface area contributed by atoms with E-state index in [1.54, 1.807) is 0 Å². The summed E-state index contributed by atoms with van der Waals surface area (Å²) in [4.78, 5) is 13.6. The fourth-order valence-electron chi connectivity index (χ4n) is 2.55. The molecule has 0 atom stereocenters. The Morgan fingerprint density at radius 3 is 1.76 bits per heavy atom. The van der Waals surface area contributed by atoms with Crippen LogP contribution in [-0.4, -0.2) is 20.6 Å². The monoisotopic (exact) mass is 370 g/mol. The van der Waals surface area contributed by atoms with Gasteiger partial charge in [-0.2, -0.15) is 0 Å². The van der Waals surface area contributed by atoms with Gasteiger partial charge in [0.15, 0.2) is 0 Å². The highest BCUT2D eigenvalue weighted by Crippen LogP contribution is 2.41. The summed E-state index contributed by atoms with van der Waals surface area (Å²) in [7, 11) is 0. The molecule has 0 saturated carbocycles. The maximum Gasteiger partial charge on any atom is 0.220 e. The third kappa shape index (κ3) is 5.10. The molecule has 0 saturated heterocycles. The number of aliphatic hydroxyl groups is 1. The number of benzene rings is 1. The molecular weight excluding hydrogens is 328 g/mol. The molecule has 0 aliphatic carbocycles. The van der Waals surface area contributed by atoms with Crippen LogP contribution in [0.2, 0.25) is 0 Å². The second-order valence-corrected chi connectivity index (χ2v) is 9.74. The van der Waals surface area contributed by atoms with Crippen LogP contribution in [0.5, 0.6) is 0 Å². The zero-order valence-electron chi connectivity index (χ0n) is 22.7. The van der Waals surface area contributed by atoms with Crippen LogP contribution in [-0.2, 0) is 0 Å². The van der Waals surface area contributed by atoms with Gasteiger partial charge in [-0.25, -0.2) is 0 Å². The highest BCUT2D eigenvalue weighted by atomic mass is 32.2. The van der Waals surface area contributed by atoms with Gasteiger partial charge in [-0.3, -0.25) is 4.79 Å². The van der Waals surface area contributed by atoms with Crippen molar-refractivity contribution in [1.29, 1.82) is 0 Å². The topological polar surface area (TPSA) is 37.3 Å². The molecule has 0 spiro atoms. The maximum absolute atomic E-state index is 13.6. The van der Waals surface area contributed by atoms with Crippen LogP contribution >= 0.6 is 11.8 Å². The minimum absolute atomic E-state index is 0.0305. The van der Waals surface area contributed by atoms with Crippen molar-refractivity contribution in [3.05, 3.63) is 34.4 Å². The number of thioether (sulfide) groups is 1. The first kappa shape index (κ1) is 14.3. The van der Waals surface area contributed by atoms with Gasteiger partial charge in [0.1, 0.15) is 0 Å². The van der Waals surface area contributed by atoms with E-state index in [4.69, 9.17) is 8.22 Å². The summed E-state index contributed by atoms with van der Waals surface area (Å²) in [6.45, 7) is 8.28. The van der Waals surface area contributed by atoms with Crippen LogP contribution in [0, 0.1) is 0 Å². The predicted octanol–water partition coefficient (Wildman–Crippen LogP) is 6.48. The predicted molar refractivity (Wildman–Crippen MR) is 111 cm³/mol. The fourth-order valence-corrected chi connectivity index (χ4v) is 3.50. The first-order valence-corrected chi connectivity index (χ1v) is 9.64. The molecule has 25 heavy (non-hydrogen) atoms. The van der Waals surface area contributed by atoms with Crippen LogP contribution in [0.1, 0.15) is 122 Å². The van der Waals surface area contributed by atoms with Crippen LogP contribution in [0.3, 0.4) is 0 Å². The Morgan fingerprint density at radius 2 is 1.44 bits per heavy atom. The summed E-state index contributed by atoms with van der Waals surface area (Å²) in [6.07, 6.45) is 0. The van der Waals surface area contributed by atoms with Crippen molar-refractivity contribution in [2.24, 2.45) is 0 Å². The van der Waals surface area contributed by atoms with E-state index in [1.165, 1.54) is 13.8 Å². The molecule has 1 aromatic carbocycles. The van der Waals surface area contributed by atoms with E-state index in [0.29, 0.717) is 17.3 Å². The summed E-state index contributed by atoms with van der Waals surface area (Å²) in [5, 5.41) is 10.6. The molecule has 0 radical (unpaired) electrons. The second-order valence-electron chi connectivity index (χ2n) is 8.15. The Morgan fingerprint density at radius 1 is 1.00 bits per heavy atom. The number of rotatable bonds is 6. The first-order chi connectivity index (χ1) is 13.7. The van der Waals surface area contributed by atoms with Gasteiger partial charge in [-0.05, 0) is 62.0 Å². The third-order valence-corrected chi connectivity index (χ3v) is 5.75. The van der Waals surface area contributed by atoms with Crippen molar-refractivity contribution in [2.45, 2.75) is 97.2 Å². The average Bonchev–Trinajstić information content (AvgIpc) is 2.56. The lowest BCUT2D eigenvalue weighted by molar-refractivity contribution is 0.0489. The van der Waals surface area contributed by atoms with Gasteiger partial charge in [0, 0.05) is 18.5 Å². The van der Waals surface area contributed by atoms with E-state index in [9.17, 15) is 9.90 Å². The van der Waals surface area contributed by atoms with Crippen molar-refractivity contribution < 1.29 is 18.1 Å². The van der Waals surface area contributed by atoms with Crippen molar-refractivity contribution in [3.8, 4) is 0 Å². The van der Waals surface area contributed by atoms with E-state index in [0.717, 1.165) is 16.7 Å². The normalized spacial score (nSPS) is 17.8. The van der Waals surface area contributed by atoms with Crippen LogP contribution < -0.4 is 0 Å². The van der Waals surface area contributed by atoms with Crippen LogP contribution in [0.25, 0.3) is 0 Å². The molecule has 0 fully saturated rings. The van der Waals surface area contributed by atoms with Crippen molar-refractivity contribution >= 4 is 16.9 Å². The largest absolute Gasteiger partial charge is 0.389 e. The summed E-state index contributed by atoms with van der Waals surface area (Å²) in [5.41, 5.74) is 0.200. The van der Waals surface area contributed by atoms with Gasteiger partial charge < -0.3 is 5.11 Å². The van der Waals surface area contributed by atoms with Gasteiger partial charge in [0.2, 0.25) is 5.12 Å². The Labute approximate surface area is 167 Å². The minimum atomic E-state index is -3.21. The highest BCUT2D eigenvalue weighted by molar-refractivity contribution is 8.15. The molecule has 1 rings (SSSR count). The van der Waals surface area contributed by atoms with E-state index >= 15 is 0 Å². The molecule has 142 valence electrons. The zero-order valence-corrected chi connectivity index (χ0v) is 17.5. The molecule has 1 aromatic rings. The third-order valence-electron chi connectivity index (χ3n) is 4.56. The molecule has 0 aliphatic heterocycles. The Kier molecular flexibility index (Phi) is 4.48. The Bertz CT molecular complexity index is 764. The zero-order chi connectivity index (χ0) is 24.7. The number of carbonyl (C=O) groups is 1. The van der Waals surface area contributed by atoms with E-state index in [-0.39, 0.29) is 17.8 Å². The average molecular weight is 371 g/mol. The van der Waals surface area contributed by atoms with Crippen molar-refractivity contribution in [1.82, 2.24) is 0 Å². The second kappa shape index (κ2) is 7.84. The fraction of sp³-hybridized carbons (Fsp3) is 0.682. The van der Waals surface area contributed by atoms with Gasteiger partial charge in [-0.1, -0.05) is 65.4 Å². The summed E-state index contributed by atoms with van der Waals surface area (Å²) < 4.78 is 44.6. The van der Waals surface area contributed by atoms with Crippen molar-refractivity contribution in [3.63, 3.8) is 0 Å². The molecular formula is C22H36O2S. The van der Waals surface area contributed by atoms with Gasteiger partial charge >= 0.3 is 0 Å². The molecule has 0 aliphatic rings. The molecule has 0 amide bonds. The Balaban J connectivity index is 3.70. The smallest absolute Gasteiger partial charge is 0.220 e. The highest BCUT2D eigenvalue weighted by Gasteiger charge is 2.39. The van der Waals surface area contributed by atoms with Gasteiger partial charge in [0.05, 0.1) is 5.60 Å². The Hall–Kier alpha value is -0.800. The maximum atomic E-state index is 13.6. The molecule has 3 heteroatoms. The van der Waals surface area contributed by atoms with Crippen LogP contribution in [0.4, 0.5) is 0 Å². The summed E-state index contributed by atoms with van der Waals surface area (Å²) in [5.74, 6) is 0.324. The lowest BCUT2D eigenvalue weighted by atomic mass is 9.85. The first-order valence-electron chi connectivity index (χ1n) is 11.8. The molecule has 0 heterocycles. The molecule has 1 N–H and O–H groups in total. The summed E-state index contributed by atoms with van der Waals surface area (Å²) in [6, 6.07) is 4.00. The lowest BCUT2D eigenvalue weighted by Crippen LogP contribution is -2.43. The molecule has 0 unspecified atom stereocenters. The quantitative estimate of drug-likeness (QED) is 0.622. The standard InChI is InChI=1S/C22H36O2S/c1-13(2)16-11-17(14(3)4)19(18(12-16)15(5)6)20(23)25-22(9,10)21(7,8)24/h11-15,24H,1-10H3/i7D3,8D3. The molecule has 0 bridgehead atoms. The van der Waals surface area contributed by atoms with E-state index in [1.807, 2.05) is 39.8 Å². The number of hydrogen-bond donors (Lipinski definition) is 1. The lowest BCUT2D eigenvalue weighted by Gasteiger charge is -2.36. The number of hydrogen-bond acceptors (Lipinski definition) is 3. The molecule has 2 nitrogen and oxygen atoms in total. The van der Waals surface area contributed by atoms with Crippen molar-refractivity contribution in [2.75, 3.05) is 0 Å². The van der Waals surface area contributed by atoms with Crippen LogP contribution in [0.15, 0.2) is 12.1 Å².